The Hall–Kier alpha value is -0.940. The summed E-state index contributed by atoms with van der Waals surface area (Å²) < 4.78 is 31.6. The van der Waals surface area contributed by atoms with Crippen molar-refractivity contribution >= 4 is 17.3 Å². The van der Waals surface area contributed by atoms with E-state index in [4.69, 9.17) is 17.8 Å². The third-order valence-electron chi connectivity index (χ3n) is 2.85. The van der Waals surface area contributed by atoms with E-state index in [0.717, 1.165) is 12.8 Å². The largest absolute Gasteiger partial charge is 0.452 e. The van der Waals surface area contributed by atoms with Gasteiger partial charge in [0.05, 0.1) is 13.2 Å². The number of cyclic esters (lactones) is 1. The highest BCUT2D eigenvalue weighted by Crippen LogP contribution is 2.05. The second-order valence-electron chi connectivity index (χ2n) is 4.51. The van der Waals surface area contributed by atoms with Gasteiger partial charge in [0, 0.05) is 13.5 Å². The van der Waals surface area contributed by atoms with Crippen molar-refractivity contribution < 1.29 is 26.8 Å². The first-order valence-electron chi connectivity index (χ1n) is 7.07. The molecule has 0 bridgehead atoms. The first-order valence-corrected chi connectivity index (χ1v) is 8.07. The number of esters is 1. The predicted octanol–water partition coefficient (Wildman–Crippen LogP) is 1.51. The van der Waals surface area contributed by atoms with Crippen molar-refractivity contribution in [1.82, 2.24) is 0 Å². The molecule has 0 saturated carbocycles. The number of rotatable bonds is 1. The molecule has 0 saturated heterocycles. The van der Waals surface area contributed by atoms with Crippen LogP contribution < -0.4 is 0 Å². The molecular weight excluding hydrogens is 296 g/mol. The van der Waals surface area contributed by atoms with E-state index < -0.39 is 11.4 Å². The highest BCUT2D eigenvalue weighted by molar-refractivity contribution is 7.75. The molecule has 0 aliphatic carbocycles. The molecule has 0 aromatic heterocycles. The summed E-state index contributed by atoms with van der Waals surface area (Å²) in [5.74, 6) is 5.41. The third kappa shape index (κ3) is 9.58. The average Bonchev–Trinajstić information content (AvgIpc) is 2.48. The van der Waals surface area contributed by atoms with E-state index in [-0.39, 0.29) is 18.7 Å². The van der Waals surface area contributed by atoms with Crippen LogP contribution in [-0.2, 0) is 34.0 Å². The lowest BCUT2D eigenvalue weighted by Gasteiger charge is -2.08. The molecule has 21 heavy (non-hydrogen) atoms. The van der Waals surface area contributed by atoms with Crippen LogP contribution in [0.15, 0.2) is 0 Å². The average molecular weight is 318 g/mol. The topological polar surface area (TPSA) is 71.1 Å². The minimum absolute atomic E-state index is 0.0856. The van der Waals surface area contributed by atoms with Gasteiger partial charge in [-0.15, -0.1) is 0 Å². The Morgan fingerprint density at radius 3 is 2.71 bits per heavy atom. The molecule has 0 aromatic rings. The second kappa shape index (κ2) is 11.7. The van der Waals surface area contributed by atoms with Gasteiger partial charge in [-0.1, -0.05) is 18.3 Å². The van der Waals surface area contributed by atoms with Gasteiger partial charge in [0.1, 0.15) is 6.10 Å². The van der Waals surface area contributed by atoms with E-state index >= 15 is 0 Å². The van der Waals surface area contributed by atoms with Crippen LogP contribution in [-0.4, -0.2) is 43.2 Å². The third-order valence-corrected chi connectivity index (χ3v) is 3.57. The van der Waals surface area contributed by atoms with Gasteiger partial charge in [0.25, 0.3) is 0 Å². The molecular formula is C14H22O6S. The number of hydrogen-bond donors (Lipinski definition) is 0. The monoisotopic (exact) mass is 318 g/mol. The van der Waals surface area contributed by atoms with Crippen LogP contribution in [0, 0.1) is 11.8 Å². The van der Waals surface area contributed by atoms with Crippen molar-refractivity contribution in [3.63, 3.8) is 0 Å². The summed E-state index contributed by atoms with van der Waals surface area (Å²) in [5, 5.41) is 0. The molecule has 6 nitrogen and oxygen atoms in total. The molecule has 7 heteroatoms. The highest BCUT2D eigenvalue weighted by atomic mass is 32.2. The van der Waals surface area contributed by atoms with E-state index in [2.05, 4.69) is 11.8 Å². The Labute approximate surface area is 128 Å². The molecule has 0 amide bonds. The smallest absolute Gasteiger partial charge is 0.306 e. The zero-order chi connectivity index (χ0) is 15.3. The maximum atomic E-state index is 11.4. The van der Waals surface area contributed by atoms with Gasteiger partial charge in [-0.05, 0) is 25.7 Å². The van der Waals surface area contributed by atoms with E-state index in [9.17, 15) is 9.00 Å². The van der Waals surface area contributed by atoms with Crippen LogP contribution in [0.2, 0.25) is 0 Å². The predicted molar refractivity (Wildman–Crippen MR) is 77.3 cm³/mol. The zero-order valence-corrected chi connectivity index (χ0v) is 13.1. The zero-order valence-electron chi connectivity index (χ0n) is 12.3. The second-order valence-corrected chi connectivity index (χ2v) is 5.39. The molecule has 1 rings (SSSR count). The number of ether oxygens (including phenoxy) is 2. The number of carbonyl (C=O) groups excluding carboxylic acids is 1. The normalized spacial score (nSPS) is 27.0. The number of carbonyl (C=O) groups is 1. The van der Waals surface area contributed by atoms with E-state index in [1.807, 2.05) is 0 Å². The molecule has 120 valence electrons. The summed E-state index contributed by atoms with van der Waals surface area (Å²) in [6.07, 6.45) is 3.66. The van der Waals surface area contributed by atoms with Crippen LogP contribution in [0.1, 0.15) is 38.5 Å². The Morgan fingerprint density at radius 1 is 1.19 bits per heavy atom. The summed E-state index contributed by atoms with van der Waals surface area (Å²) in [6.45, 7) is 0.761. The maximum Gasteiger partial charge on any atom is 0.306 e. The lowest BCUT2D eigenvalue weighted by atomic mass is 10.2. The molecule has 2 atom stereocenters. The lowest BCUT2D eigenvalue weighted by molar-refractivity contribution is -0.142. The summed E-state index contributed by atoms with van der Waals surface area (Å²) in [6, 6.07) is 0. The molecule has 0 spiro atoms. The fourth-order valence-corrected chi connectivity index (χ4v) is 2.27. The minimum Gasteiger partial charge on any atom is -0.452 e. The quantitative estimate of drug-likeness (QED) is 0.539. The van der Waals surface area contributed by atoms with Gasteiger partial charge in [-0.25, -0.2) is 0 Å². The van der Waals surface area contributed by atoms with Gasteiger partial charge in [0.15, 0.2) is 6.61 Å². The summed E-state index contributed by atoms with van der Waals surface area (Å²) in [7, 11) is 1.57. The van der Waals surface area contributed by atoms with Crippen LogP contribution in [0.3, 0.4) is 0 Å². The first-order chi connectivity index (χ1) is 10.2. The minimum atomic E-state index is -1.71. The van der Waals surface area contributed by atoms with Crippen LogP contribution in [0.5, 0.6) is 0 Å². The van der Waals surface area contributed by atoms with Crippen molar-refractivity contribution in [2.75, 3.05) is 26.9 Å². The fraction of sp³-hybridized carbons (Fsp3) is 0.786. The summed E-state index contributed by atoms with van der Waals surface area (Å²) >= 11 is -1.71. The molecule has 1 aliphatic heterocycles. The van der Waals surface area contributed by atoms with Gasteiger partial charge < -0.3 is 9.47 Å². The van der Waals surface area contributed by atoms with Gasteiger partial charge in [-0.3, -0.25) is 13.2 Å². The van der Waals surface area contributed by atoms with E-state index in [1.54, 1.807) is 7.11 Å². The molecule has 0 fully saturated rings. The van der Waals surface area contributed by atoms with Crippen molar-refractivity contribution in [3.8, 4) is 11.8 Å². The SMILES string of the molecule is COC1C#CCOC(=O)CCCCCOS(=O)OCCC1. The van der Waals surface area contributed by atoms with Crippen molar-refractivity contribution in [2.45, 2.75) is 44.6 Å². The van der Waals surface area contributed by atoms with Crippen molar-refractivity contribution in [2.24, 2.45) is 0 Å². The van der Waals surface area contributed by atoms with Crippen LogP contribution in [0.25, 0.3) is 0 Å². The standard InChI is InChI=1S/C14H22O6S/c1-17-13-7-5-10-18-14(15)9-3-2-4-11-19-21(16)20-12-6-8-13/h13H,2-4,6,8-12H2,1H3. The first kappa shape index (κ1) is 18.1. The highest BCUT2D eigenvalue weighted by Gasteiger charge is 2.07. The molecule has 1 aliphatic rings. The Balaban J connectivity index is 2.44. The maximum absolute atomic E-state index is 11.4. The summed E-state index contributed by atoms with van der Waals surface area (Å²) in [5.41, 5.74) is 0. The fourth-order valence-electron chi connectivity index (χ4n) is 1.70. The number of hydrogen-bond acceptors (Lipinski definition) is 6. The summed E-state index contributed by atoms with van der Waals surface area (Å²) in [4.78, 5) is 11.4. The molecule has 0 radical (unpaired) electrons. The lowest BCUT2D eigenvalue weighted by Crippen LogP contribution is -2.11. The molecule has 1 heterocycles. The molecule has 0 aromatic carbocycles. The van der Waals surface area contributed by atoms with Gasteiger partial charge in [0.2, 0.25) is 0 Å². The van der Waals surface area contributed by atoms with E-state index in [1.165, 1.54) is 0 Å². The van der Waals surface area contributed by atoms with Crippen LogP contribution >= 0.6 is 0 Å². The Bertz CT molecular complexity index is 387. The van der Waals surface area contributed by atoms with E-state index in [0.29, 0.717) is 38.9 Å². The molecule has 0 N–H and O–H groups in total. The van der Waals surface area contributed by atoms with Crippen molar-refractivity contribution in [1.29, 1.82) is 0 Å². The van der Waals surface area contributed by atoms with Gasteiger partial charge in [-0.2, -0.15) is 4.21 Å². The Morgan fingerprint density at radius 2 is 1.95 bits per heavy atom. The number of methoxy groups -OCH3 is 1. The molecule has 2 unspecified atom stereocenters. The van der Waals surface area contributed by atoms with Gasteiger partial charge >= 0.3 is 17.3 Å². The Kier molecular flexibility index (Phi) is 10.1. The van der Waals surface area contributed by atoms with Crippen LogP contribution in [0.4, 0.5) is 0 Å². The van der Waals surface area contributed by atoms with Crippen molar-refractivity contribution in [3.05, 3.63) is 0 Å².